The highest BCUT2D eigenvalue weighted by atomic mass is 35.5. The predicted molar refractivity (Wildman–Crippen MR) is 60.9 cm³/mol. The summed E-state index contributed by atoms with van der Waals surface area (Å²) in [6.07, 6.45) is 8.57. The van der Waals surface area contributed by atoms with Crippen LogP contribution in [0.4, 0.5) is 0 Å². The van der Waals surface area contributed by atoms with Crippen LogP contribution in [-0.2, 0) is 0 Å². The zero-order chi connectivity index (χ0) is 7.47. The maximum Gasteiger partial charge on any atom is 0.316 e. The molecule has 0 aromatic rings. The molecule has 2 N–H and O–H groups in total. The highest BCUT2D eigenvalue weighted by molar-refractivity contribution is 5.85. The van der Waals surface area contributed by atoms with Gasteiger partial charge in [0, 0.05) is 5.54 Å². The van der Waals surface area contributed by atoms with E-state index in [1.165, 1.54) is 38.5 Å². The zero-order valence-electron chi connectivity index (χ0n) is 7.46. The smallest absolute Gasteiger partial charge is 0.316 e. The van der Waals surface area contributed by atoms with E-state index in [1.807, 2.05) is 0 Å². The minimum absolute atomic E-state index is 0. The van der Waals surface area contributed by atoms with Crippen LogP contribution in [0.25, 0.3) is 0 Å². The molecule has 0 saturated heterocycles. The molecule has 0 unspecified atom stereocenters. The van der Waals surface area contributed by atoms with Crippen LogP contribution in [0.2, 0.25) is 0 Å². The molecule has 0 heterocycles. The van der Waals surface area contributed by atoms with Crippen LogP contribution in [0, 0.1) is 17.8 Å². The van der Waals surface area contributed by atoms with Crippen LogP contribution in [0.1, 0.15) is 38.5 Å². The van der Waals surface area contributed by atoms with E-state index >= 15 is 0 Å². The van der Waals surface area contributed by atoms with E-state index in [1.54, 1.807) is 0 Å². The topological polar surface area (TPSA) is 26.0 Å². The molecule has 4 aliphatic rings. The van der Waals surface area contributed by atoms with Crippen molar-refractivity contribution in [2.75, 3.05) is 0 Å². The van der Waals surface area contributed by atoms with Crippen molar-refractivity contribution in [1.82, 2.24) is 0 Å². The number of halogens is 1. The van der Waals surface area contributed by atoms with Crippen LogP contribution >= 0.6 is 12.4 Å². The van der Waals surface area contributed by atoms with Gasteiger partial charge in [0.2, 0.25) is 0 Å². The monoisotopic (exact) mass is 213 g/mol. The third-order valence-electron chi connectivity index (χ3n) is 4.09. The molecule has 4 aliphatic carbocycles. The van der Waals surface area contributed by atoms with Gasteiger partial charge in [-0.1, -0.05) is 0 Å². The summed E-state index contributed by atoms with van der Waals surface area (Å²) in [5.74, 6) is 3.06. The van der Waals surface area contributed by atoms with Crippen LogP contribution in [0.15, 0.2) is 0 Å². The van der Waals surface area contributed by atoms with E-state index in [9.17, 15) is 0 Å². The summed E-state index contributed by atoms with van der Waals surface area (Å²) in [5.41, 5.74) is 6.62. The lowest BCUT2D eigenvalue weighted by molar-refractivity contribution is 0.000365. The van der Waals surface area contributed by atoms with Crippen LogP contribution < -0.4 is 5.73 Å². The lowest BCUT2D eigenvalue weighted by Crippen LogP contribution is -2.55. The Balaban J connectivity index is 0.000000422. The maximum atomic E-state index is 6.32. The van der Waals surface area contributed by atoms with Gasteiger partial charge in [-0.3, -0.25) is 0 Å². The summed E-state index contributed by atoms with van der Waals surface area (Å²) in [7, 11) is 0. The zero-order valence-corrected chi connectivity index (χ0v) is 8.28. The fraction of sp³-hybridized carbons (Fsp3) is 1.00. The molecule has 0 aliphatic heterocycles. The van der Waals surface area contributed by atoms with Gasteiger partial charge >= 0.3 is 23.1 Å². The van der Waals surface area contributed by atoms with Crippen molar-refractivity contribution < 1.29 is 0 Å². The van der Waals surface area contributed by atoms with Gasteiger partial charge in [0.05, 0.1) is 0 Å². The molecule has 0 amide bonds. The van der Waals surface area contributed by atoms with Crippen LogP contribution in [0.5, 0.6) is 0 Å². The molecule has 0 aromatic heterocycles. The van der Waals surface area contributed by atoms with E-state index in [4.69, 9.17) is 5.73 Å². The molecular weight excluding hydrogens is 194 g/mol. The first-order valence-corrected chi connectivity index (χ1v) is 5.02. The molecule has 13 heavy (non-hydrogen) atoms. The van der Waals surface area contributed by atoms with Gasteiger partial charge in [0.15, 0.2) is 0 Å². The fourth-order valence-corrected chi connectivity index (χ4v) is 4.18. The Kier molecular flexibility index (Phi) is 3.61. The molecular formula is C10H20ClMgN. The molecule has 4 rings (SSSR count). The molecule has 0 atom stereocenters. The average Bonchev–Trinajstić information content (AvgIpc) is 1.79. The highest BCUT2D eigenvalue weighted by Crippen LogP contribution is 2.54. The summed E-state index contributed by atoms with van der Waals surface area (Å²) in [5, 5.41) is 0. The number of hydrogen-bond donors (Lipinski definition) is 1. The van der Waals surface area contributed by atoms with Crippen molar-refractivity contribution >= 4 is 35.5 Å². The largest absolute Gasteiger partial charge is 0.325 e. The van der Waals surface area contributed by atoms with Crippen molar-refractivity contribution in [2.24, 2.45) is 23.5 Å². The molecule has 0 spiro atoms. The summed E-state index contributed by atoms with van der Waals surface area (Å²) < 4.78 is 0. The van der Waals surface area contributed by atoms with Gasteiger partial charge in [-0.15, -0.1) is 12.4 Å². The number of rotatable bonds is 0. The Hall–Kier alpha value is 1.02. The average molecular weight is 214 g/mol. The Morgan fingerprint density at radius 3 is 1.38 bits per heavy atom. The Morgan fingerprint density at radius 2 is 1.15 bits per heavy atom. The van der Waals surface area contributed by atoms with Gasteiger partial charge in [0.1, 0.15) is 0 Å². The van der Waals surface area contributed by atoms with E-state index in [-0.39, 0.29) is 35.5 Å². The Morgan fingerprint density at radius 1 is 0.846 bits per heavy atom. The van der Waals surface area contributed by atoms with Crippen molar-refractivity contribution in [1.29, 1.82) is 0 Å². The standard InChI is InChI=1S/C10H17N.ClH.Mg.2H/c11-10-4-7-1-8(5-10)3-9(2-7)6-10;;;;/h7-9H,1-6,11H2;1H;;;. The molecule has 1 nitrogen and oxygen atoms in total. The SMILES string of the molecule is Cl.NC12CC3CC(CC(C3)C1)C2.[MgH2]. The predicted octanol–water partition coefficient (Wildman–Crippen LogP) is 1.42. The van der Waals surface area contributed by atoms with Crippen LogP contribution in [-0.4, -0.2) is 28.6 Å². The number of nitrogens with two attached hydrogens (primary N) is 1. The molecule has 74 valence electrons. The van der Waals surface area contributed by atoms with Gasteiger partial charge in [-0.2, -0.15) is 0 Å². The van der Waals surface area contributed by atoms with Gasteiger partial charge in [-0.25, -0.2) is 0 Å². The Bertz CT molecular complexity index is 160. The third kappa shape index (κ3) is 2.01. The lowest BCUT2D eigenvalue weighted by atomic mass is 9.53. The molecule has 4 fully saturated rings. The van der Waals surface area contributed by atoms with Gasteiger partial charge < -0.3 is 5.73 Å². The first kappa shape index (κ1) is 12.1. The quantitative estimate of drug-likeness (QED) is 0.606. The van der Waals surface area contributed by atoms with E-state index < -0.39 is 0 Å². The molecule has 0 aromatic carbocycles. The van der Waals surface area contributed by atoms with Crippen molar-refractivity contribution in [3.05, 3.63) is 0 Å². The second-order valence-corrected chi connectivity index (χ2v) is 5.28. The normalized spacial score (nSPS) is 51.0. The molecule has 3 heteroatoms. The second-order valence-electron chi connectivity index (χ2n) is 5.28. The summed E-state index contributed by atoms with van der Waals surface area (Å²) in [6, 6.07) is 0. The first-order valence-electron chi connectivity index (χ1n) is 5.02. The number of hydrogen-bond acceptors (Lipinski definition) is 1. The highest BCUT2D eigenvalue weighted by Gasteiger charge is 2.48. The first-order chi connectivity index (χ1) is 5.23. The molecule has 4 saturated carbocycles. The minimum Gasteiger partial charge on any atom is -0.325 e. The van der Waals surface area contributed by atoms with Crippen molar-refractivity contribution in [2.45, 2.75) is 44.1 Å². The second kappa shape index (κ2) is 3.88. The molecule has 0 radical (unpaired) electrons. The van der Waals surface area contributed by atoms with E-state index in [2.05, 4.69) is 0 Å². The summed E-state index contributed by atoms with van der Waals surface area (Å²) in [6.45, 7) is 0. The van der Waals surface area contributed by atoms with E-state index in [0.717, 1.165) is 17.8 Å². The summed E-state index contributed by atoms with van der Waals surface area (Å²) in [4.78, 5) is 0. The summed E-state index contributed by atoms with van der Waals surface area (Å²) >= 11 is 0. The van der Waals surface area contributed by atoms with Gasteiger partial charge in [-0.05, 0) is 56.3 Å². The fourth-order valence-electron chi connectivity index (χ4n) is 4.18. The van der Waals surface area contributed by atoms with Crippen molar-refractivity contribution in [3.8, 4) is 0 Å². The third-order valence-corrected chi connectivity index (χ3v) is 4.09. The van der Waals surface area contributed by atoms with Gasteiger partial charge in [0.25, 0.3) is 0 Å². The Labute approximate surface area is 103 Å². The molecule has 4 bridgehead atoms. The maximum absolute atomic E-state index is 6.32. The van der Waals surface area contributed by atoms with E-state index in [0.29, 0.717) is 5.54 Å². The van der Waals surface area contributed by atoms with Crippen LogP contribution in [0.3, 0.4) is 0 Å². The van der Waals surface area contributed by atoms with Crippen molar-refractivity contribution in [3.63, 3.8) is 0 Å². The minimum atomic E-state index is 0. The lowest BCUT2D eigenvalue weighted by Gasteiger charge is -2.55.